The quantitative estimate of drug-likeness (QED) is 0.829. The summed E-state index contributed by atoms with van der Waals surface area (Å²) in [4.78, 5) is 11.6. The van der Waals surface area contributed by atoms with Gasteiger partial charge in [0.15, 0.2) is 0 Å². The van der Waals surface area contributed by atoms with Crippen LogP contribution in [-0.2, 0) is 9.53 Å². The van der Waals surface area contributed by atoms with Crippen LogP contribution in [0.3, 0.4) is 0 Å². The van der Waals surface area contributed by atoms with Crippen molar-refractivity contribution in [2.45, 2.75) is 53.6 Å². The molecule has 0 aliphatic rings. The average Bonchev–Trinajstić information content (AvgIpc) is 2.33. The Morgan fingerprint density at radius 1 is 1.16 bits per heavy atom. The molecule has 0 heterocycles. The minimum absolute atomic E-state index is 0.124. The second kappa shape index (κ2) is 6.71. The highest BCUT2D eigenvalue weighted by Crippen LogP contribution is 2.22. The maximum absolute atomic E-state index is 11.6. The largest absolute Gasteiger partial charge is 0.465 e. The lowest BCUT2D eigenvalue weighted by Gasteiger charge is -2.21. The van der Waals surface area contributed by atoms with E-state index in [2.05, 4.69) is 45.1 Å². The third-order valence-electron chi connectivity index (χ3n) is 3.49. The zero-order valence-corrected chi connectivity index (χ0v) is 12.8. The van der Waals surface area contributed by atoms with Gasteiger partial charge in [-0.1, -0.05) is 12.1 Å². The van der Waals surface area contributed by atoms with E-state index in [-0.39, 0.29) is 18.1 Å². The number of hydrogen-bond acceptors (Lipinski definition) is 3. The maximum atomic E-state index is 11.6. The van der Waals surface area contributed by atoms with Crippen LogP contribution in [0.2, 0.25) is 0 Å². The standard InChI is InChI=1S/C16H25NO2/c1-7-19-16(18)14(6)17-13(5)15-9-11(3)10(2)8-12(15)4/h8-9,13-14,17H,7H2,1-6H3. The Hall–Kier alpha value is -1.35. The fourth-order valence-corrected chi connectivity index (χ4v) is 2.25. The molecule has 3 nitrogen and oxygen atoms in total. The number of carbonyl (C=O) groups is 1. The number of aryl methyl sites for hydroxylation is 3. The first-order chi connectivity index (χ1) is 8.86. The molecule has 0 aliphatic carbocycles. The number of esters is 1. The topological polar surface area (TPSA) is 38.3 Å². The number of benzene rings is 1. The van der Waals surface area contributed by atoms with Gasteiger partial charge in [0.05, 0.1) is 6.61 Å². The van der Waals surface area contributed by atoms with Crippen molar-refractivity contribution in [1.29, 1.82) is 0 Å². The predicted molar refractivity (Wildman–Crippen MR) is 78.3 cm³/mol. The number of carbonyl (C=O) groups excluding carboxylic acids is 1. The molecule has 1 rings (SSSR count). The van der Waals surface area contributed by atoms with E-state index >= 15 is 0 Å². The van der Waals surface area contributed by atoms with Crippen molar-refractivity contribution in [3.63, 3.8) is 0 Å². The van der Waals surface area contributed by atoms with Gasteiger partial charge in [-0.25, -0.2) is 0 Å². The van der Waals surface area contributed by atoms with Gasteiger partial charge in [-0.2, -0.15) is 0 Å². The Kier molecular flexibility index (Phi) is 5.55. The van der Waals surface area contributed by atoms with Gasteiger partial charge < -0.3 is 4.74 Å². The Bertz CT molecular complexity index is 454. The second-order valence-corrected chi connectivity index (χ2v) is 5.16. The number of hydrogen-bond donors (Lipinski definition) is 1. The van der Waals surface area contributed by atoms with E-state index in [0.717, 1.165) is 0 Å². The fraction of sp³-hybridized carbons (Fsp3) is 0.562. The Balaban J connectivity index is 2.81. The van der Waals surface area contributed by atoms with Gasteiger partial charge in [0.25, 0.3) is 0 Å². The molecule has 0 fully saturated rings. The SMILES string of the molecule is CCOC(=O)C(C)NC(C)c1cc(C)c(C)cc1C. The van der Waals surface area contributed by atoms with Crippen molar-refractivity contribution >= 4 is 5.97 Å². The van der Waals surface area contributed by atoms with Crippen LogP contribution in [0.5, 0.6) is 0 Å². The lowest BCUT2D eigenvalue weighted by Crippen LogP contribution is -2.37. The van der Waals surface area contributed by atoms with Crippen molar-refractivity contribution in [3.05, 3.63) is 34.4 Å². The Morgan fingerprint density at radius 3 is 2.32 bits per heavy atom. The van der Waals surface area contributed by atoms with Gasteiger partial charge in [-0.05, 0) is 63.8 Å². The summed E-state index contributed by atoms with van der Waals surface area (Å²) < 4.78 is 5.01. The van der Waals surface area contributed by atoms with Crippen LogP contribution in [0.15, 0.2) is 12.1 Å². The van der Waals surface area contributed by atoms with Crippen LogP contribution in [0.1, 0.15) is 49.1 Å². The minimum Gasteiger partial charge on any atom is -0.465 e. The van der Waals surface area contributed by atoms with Crippen molar-refractivity contribution in [1.82, 2.24) is 5.32 Å². The van der Waals surface area contributed by atoms with Gasteiger partial charge in [0.2, 0.25) is 0 Å². The van der Waals surface area contributed by atoms with Crippen molar-refractivity contribution in [2.75, 3.05) is 6.61 Å². The molecule has 0 bridgehead atoms. The molecule has 19 heavy (non-hydrogen) atoms. The molecule has 1 N–H and O–H groups in total. The second-order valence-electron chi connectivity index (χ2n) is 5.16. The zero-order chi connectivity index (χ0) is 14.6. The van der Waals surface area contributed by atoms with Gasteiger partial charge >= 0.3 is 5.97 Å². The fourth-order valence-electron chi connectivity index (χ4n) is 2.25. The molecular weight excluding hydrogens is 238 g/mol. The first kappa shape index (κ1) is 15.7. The van der Waals surface area contributed by atoms with Crippen molar-refractivity contribution in [2.24, 2.45) is 0 Å². The molecule has 0 amide bonds. The first-order valence-corrected chi connectivity index (χ1v) is 6.87. The van der Waals surface area contributed by atoms with E-state index in [1.54, 1.807) is 0 Å². The zero-order valence-electron chi connectivity index (χ0n) is 12.8. The minimum atomic E-state index is -0.295. The van der Waals surface area contributed by atoms with E-state index in [9.17, 15) is 4.79 Å². The summed E-state index contributed by atoms with van der Waals surface area (Å²) in [5.41, 5.74) is 5.06. The highest BCUT2D eigenvalue weighted by Gasteiger charge is 2.18. The molecule has 2 unspecified atom stereocenters. The molecule has 0 radical (unpaired) electrons. The van der Waals surface area contributed by atoms with Gasteiger partial charge in [-0.15, -0.1) is 0 Å². The lowest BCUT2D eigenvalue weighted by atomic mass is 9.96. The Morgan fingerprint density at radius 2 is 1.74 bits per heavy atom. The monoisotopic (exact) mass is 263 g/mol. The smallest absolute Gasteiger partial charge is 0.322 e. The number of rotatable bonds is 5. The van der Waals surface area contributed by atoms with Crippen LogP contribution in [-0.4, -0.2) is 18.6 Å². The molecule has 1 aromatic carbocycles. The summed E-state index contributed by atoms with van der Waals surface area (Å²) in [5, 5.41) is 3.29. The molecular formula is C16H25NO2. The summed E-state index contributed by atoms with van der Waals surface area (Å²) in [7, 11) is 0. The van der Waals surface area contributed by atoms with Gasteiger partial charge in [0, 0.05) is 6.04 Å². The summed E-state index contributed by atoms with van der Waals surface area (Å²) in [6.45, 7) is 12.5. The van der Waals surface area contributed by atoms with E-state index in [1.807, 2.05) is 13.8 Å². The number of nitrogens with one attached hydrogen (secondary N) is 1. The van der Waals surface area contributed by atoms with Gasteiger partial charge in [0.1, 0.15) is 6.04 Å². The molecule has 0 spiro atoms. The summed E-state index contributed by atoms with van der Waals surface area (Å²) in [6, 6.07) is 4.22. The third-order valence-corrected chi connectivity index (χ3v) is 3.49. The van der Waals surface area contributed by atoms with E-state index in [0.29, 0.717) is 6.61 Å². The summed E-state index contributed by atoms with van der Waals surface area (Å²) >= 11 is 0. The molecule has 0 aromatic heterocycles. The summed E-state index contributed by atoms with van der Waals surface area (Å²) in [6.07, 6.45) is 0. The average molecular weight is 263 g/mol. The molecule has 2 atom stereocenters. The molecule has 0 saturated carbocycles. The Labute approximate surface area is 116 Å². The van der Waals surface area contributed by atoms with Crippen LogP contribution < -0.4 is 5.32 Å². The molecule has 0 aliphatic heterocycles. The van der Waals surface area contributed by atoms with Crippen LogP contribution in [0, 0.1) is 20.8 Å². The van der Waals surface area contributed by atoms with E-state index < -0.39 is 0 Å². The molecule has 1 aromatic rings. The summed E-state index contributed by atoms with van der Waals surface area (Å²) in [5.74, 6) is -0.198. The van der Waals surface area contributed by atoms with Crippen LogP contribution in [0.4, 0.5) is 0 Å². The van der Waals surface area contributed by atoms with E-state index in [4.69, 9.17) is 4.74 Å². The van der Waals surface area contributed by atoms with E-state index in [1.165, 1.54) is 22.3 Å². The van der Waals surface area contributed by atoms with Crippen molar-refractivity contribution in [3.8, 4) is 0 Å². The first-order valence-electron chi connectivity index (χ1n) is 6.87. The van der Waals surface area contributed by atoms with Crippen molar-refractivity contribution < 1.29 is 9.53 Å². The normalized spacial score (nSPS) is 14.0. The maximum Gasteiger partial charge on any atom is 0.322 e. The number of ether oxygens (including phenoxy) is 1. The van der Waals surface area contributed by atoms with Gasteiger partial charge in [-0.3, -0.25) is 10.1 Å². The van der Waals surface area contributed by atoms with Crippen LogP contribution >= 0.6 is 0 Å². The molecule has 0 saturated heterocycles. The molecule has 3 heteroatoms. The predicted octanol–water partition coefficient (Wildman–Crippen LogP) is 3.21. The molecule has 106 valence electrons. The highest BCUT2D eigenvalue weighted by atomic mass is 16.5. The highest BCUT2D eigenvalue weighted by molar-refractivity contribution is 5.75. The lowest BCUT2D eigenvalue weighted by molar-refractivity contribution is -0.145. The van der Waals surface area contributed by atoms with Crippen LogP contribution in [0.25, 0.3) is 0 Å². The third kappa shape index (κ3) is 4.06.